The van der Waals surface area contributed by atoms with Crippen molar-refractivity contribution in [2.75, 3.05) is 19.2 Å². The summed E-state index contributed by atoms with van der Waals surface area (Å²) in [6.45, 7) is 1.01. The minimum Gasteiger partial charge on any atom is -0.497 e. The van der Waals surface area contributed by atoms with E-state index in [1.165, 1.54) is 0 Å². The molecule has 3 aromatic carbocycles. The summed E-state index contributed by atoms with van der Waals surface area (Å²) < 4.78 is 16.3. The number of nitrogens with zero attached hydrogens (tertiary/aromatic N) is 1. The zero-order valence-electron chi connectivity index (χ0n) is 18.5. The number of hydrogen-bond donors (Lipinski definition) is 2. The van der Waals surface area contributed by atoms with E-state index in [4.69, 9.17) is 26.4 Å². The van der Waals surface area contributed by atoms with Gasteiger partial charge < -0.3 is 29.4 Å². The van der Waals surface area contributed by atoms with Crippen LogP contribution in [0.15, 0.2) is 77.6 Å². The van der Waals surface area contributed by atoms with Crippen molar-refractivity contribution in [3.63, 3.8) is 0 Å². The first-order valence-corrected chi connectivity index (χ1v) is 11.2. The monoisotopic (exact) mass is 473 g/mol. The summed E-state index contributed by atoms with van der Waals surface area (Å²) >= 11 is 5.76. The van der Waals surface area contributed by atoms with Crippen molar-refractivity contribution in [2.45, 2.75) is 13.1 Å². The Hall–Kier alpha value is -4.04. The Morgan fingerprint density at radius 2 is 1.85 bits per heavy atom. The van der Waals surface area contributed by atoms with Crippen LogP contribution in [0.25, 0.3) is 10.9 Å². The molecule has 1 aromatic heterocycles. The second-order valence-corrected chi connectivity index (χ2v) is 8.30. The molecule has 0 amide bonds. The van der Waals surface area contributed by atoms with Gasteiger partial charge in [0, 0.05) is 28.7 Å². The summed E-state index contributed by atoms with van der Waals surface area (Å²) in [4.78, 5) is 17.8. The van der Waals surface area contributed by atoms with Gasteiger partial charge in [-0.3, -0.25) is 4.79 Å². The van der Waals surface area contributed by atoms with E-state index in [0.717, 1.165) is 33.7 Å². The first kappa shape index (κ1) is 21.8. The molecule has 172 valence electrons. The minimum atomic E-state index is -0.157. The third-order valence-electron chi connectivity index (χ3n) is 5.61. The highest BCUT2D eigenvalue weighted by Gasteiger charge is 2.18. The number of fused-ring (bicyclic) bond motifs is 2. The predicted molar refractivity (Wildman–Crippen MR) is 136 cm³/mol. The second-order valence-electron chi connectivity index (χ2n) is 7.92. The number of rotatable bonds is 6. The van der Waals surface area contributed by atoms with Crippen molar-refractivity contribution in [3.8, 4) is 17.2 Å². The lowest BCUT2D eigenvalue weighted by molar-refractivity contribution is 0.174. The van der Waals surface area contributed by atoms with Gasteiger partial charge in [-0.1, -0.05) is 24.3 Å². The summed E-state index contributed by atoms with van der Waals surface area (Å²) in [5.41, 5.74) is 3.05. The summed E-state index contributed by atoms with van der Waals surface area (Å²) in [5, 5.41) is 4.68. The van der Waals surface area contributed by atoms with E-state index in [1.807, 2.05) is 77.7 Å². The Morgan fingerprint density at radius 3 is 2.68 bits per heavy atom. The molecule has 0 saturated heterocycles. The number of anilines is 1. The van der Waals surface area contributed by atoms with Crippen molar-refractivity contribution >= 4 is 33.9 Å². The minimum absolute atomic E-state index is 0.157. The molecule has 0 fully saturated rings. The molecule has 0 bridgehead atoms. The predicted octanol–water partition coefficient (Wildman–Crippen LogP) is 4.66. The van der Waals surface area contributed by atoms with E-state index in [2.05, 4.69) is 10.3 Å². The number of hydrogen-bond acceptors (Lipinski definition) is 5. The highest BCUT2D eigenvalue weighted by molar-refractivity contribution is 7.80. The average Bonchev–Trinajstić information content (AvgIpc) is 3.32. The number of aromatic nitrogens is 1. The third-order valence-corrected chi connectivity index (χ3v) is 5.97. The second kappa shape index (κ2) is 9.44. The summed E-state index contributed by atoms with van der Waals surface area (Å²) in [7, 11) is 1.62. The van der Waals surface area contributed by atoms with Gasteiger partial charge in [-0.05, 0) is 66.3 Å². The van der Waals surface area contributed by atoms with Gasteiger partial charge in [-0.25, -0.2) is 0 Å². The Labute approximate surface area is 201 Å². The van der Waals surface area contributed by atoms with Crippen molar-refractivity contribution in [2.24, 2.45) is 0 Å². The number of methoxy groups -OCH3 is 1. The number of pyridine rings is 1. The Balaban J connectivity index is 1.46. The van der Waals surface area contributed by atoms with Crippen molar-refractivity contribution in [1.82, 2.24) is 9.88 Å². The Morgan fingerprint density at radius 1 is 1.03 bits per heavy atom. The molecule has 0 atom stereocenters. The van der Waals surface area contributed by atoms with Crippen LogP contribution in [0.2, 0.25) is 0 Å². The zero-order valence-corrected chi connectivity index (χ0v) is 19.4. The maximum atomic E-state index is 12.9. The molecule has 1 aliphatic heterocycles. The lowest BCUT2D eigenvalue weighted by Crippen LogP contribution is -2.35. The third kappa shape index (κ3) is 4.67. The van der Waals surface area contributed by atoms with Crippen LogP contribution in [-0.2, 0) is 13.1 Å². The molecule has 4 aromatic rings. The van der Waals surface area contributed by atoms with Crippen LogP contribution >= 0.6 is 12.2 Å². The molecule has 5 rings (SSSR count). The highest BCUT2D eigenvalue weighted by atomic mass is 32.1. The molecule has 7 nitrogen and oxygen atoms in total. The van der Waals surface area contributed by atoms with Crippen LogP contribution in [0.3, 0.4) is 0 Å². The van der Waals surface area contributed by atoms with E-state index in [1.54, 1.807) is 7.11 Å². The summed E-state index contributed by atoms with van der Waals surface area (Å²) in [6, 6.07) is 23.0. The molecule has 0 unspecified atom stereocenters. The fraction of sp³-hybridized carbons (Fsp3) is 0.154. The Bertz CT molecular complexity index is 1400. The fourth-order valence-electron chi connectivity index (χ4n) is 3.86. The lowest BCUT2D eigenvalue weighted by atomic mass is 10.1. The lowest BCUT2D eigenvalue weighted by Gasteiger charge is -2.26. The summed E-state index contributed by atoms with van der Waals surface area (Å²) in [5.74, 6) is 2.15. The van der Waals surface area contributed by atoms with Gasteiger partial charge in [0.15, 0.2) is 16.6 Å². The van der Waals surface area contributed by atoms with Crippen LogP contribution in [0, 0.1) is 0 Å². The van der Waals surface area contributed by atoms with Crippen LogP contribution in [0.4, 0.5) is 5.69 Å². The number of benzene rings is 3. The van der Waals surface area contributed by atoms with Crippen LogP contribution in [-0.4, -0.2) is 28.9 Å². The standard InChI is InChI=1S/C26H23N3O4S/c1-31-21-8-9-22-18(13-21)12-19(25(30)28-22)15-29(26(34)27-20-5-3-2-4-6-20)14-17-7-10-23-24(11-17)33-16-32-23/h2-13H,14-16H2,1H3,(H,27,34)(H,28,30). The number of aromatic amines is 1. The maximum absolute atomic E-state index is 12.9. The van der Waals surface area contributed by atoms with Gasteiger partial charge in [0.1, 0.15) is 5.75 Å². The first-order chi connectivity index (χ1) is 16.6. The fourth-order valence-corrected chi connectivity index (χ4v) is 4.11. The largest absolute Gasteiger partial charge is 0.497 e. The molecule has 34 heavy (non-hydrogen) atoms. The van der Waals surface area contributed by atoms with Gasteiger partial charge in [0.05, 0.1) is 13.7 Å². The first-order valence-electron chi connectivity index (χ1n) is 10.8. The molecule has 0 aliphatic carbocycles. The Kier molecular flexibility index (Phi) is 6.05. The smallest absolute Gasteiger partial charge is 0.253 e. The number of nitrogens with one attached hydrogen (secondary N) is 2. The van der Waals surface area contributed by atoms with Crippen LogP contribution in [0.1, 0.15) is 11.1 Å². The topological polar surface area (TPSA) is 75.8 Å². The molecule has 1 aliphatic rings. The molecular formula is C26H23N3O4S. The number of para-hydroxylation sites is 1. The van der Waals surface area contributed by atoms with Gasteiger partial charge in [-0.2, -0.15) is 0 Å². The van der Waals surface area contributed by atoms with Gasteiger partial charge in [0.2, 0.25) is 6.79 Å². The van der Waals surface area contributed by atoms with Crippen molar-refractivity contribution in [3.05, 3.63) is 94.3 Å². The summed E-state index contributed by atoms with van der Waals surface area (Å²) in [6.07, 6.45) is 0. The number of thiocarbonyl (C=S) groups is 1. The van der Waals surface area contributed by atoms with Gasteiger partial charge >= 0.3 is 0 Å². The van der Waals surface area contributed by atoms with E-state index >= 15 is 0 Å². The number of ether oxygens (including phenoxy) is 3. The van der Waals surface area contributed by atoms with E-state index in [-0.39, 0.29) is 12.4 Å². The molecule has 0 radical (unpaired) electrons. The van der Waals surface area contributed by atoms with E-state index in [0.29, 0.717) is 29.5 Å². The van der Waals surface area contributed by atoms with Crippen molar-refractivity contribution in [1.29, 1.82) is 0 Å². The van der Waals surface area contributed by atoms with Crippen molar-refractivity contribution < 1.29 is 14.2 Å². The van der Waals surface area contributed by atoms with Crippen LogP contribution in [0.5, 0.6) is 17.2 Å². The quantitative estimate of drug-likeness (QED) is 0.394. The van der Waals surface area contributed by atoms with Crippen LogP contribution < -0.4 is 25.1 Å². The normalized spacial score (nSPS) is 11.9. The molecule has 2 heterocycles. The highest BCUT2D eigenvalue weighted by Crippen LogP contribution is 2.33. The molecule has 8 heteroatoms. The molecular weight excluding hydrogens is 450 g/mol. The van der Waals surface area contributed by atoms with Gasteiger partial charge in [-0.15, -0.1) is 0 Å². The van der Waals surface area contributed by atoms with E-state index < -0.39 is 0 Å². The van der Waals surface area contributed by atoms with E-state index in [9.17, 15) is 4.79 Å². The molecule has 0 saturated carbocycles. The number of H-pyrrole nitrogens is 1. The zero-order chi connectivity index (χ0) is 23.5. The SMILES string of the molecule is COc1ccc2[nH]c(=O)c(CN(Cc3ccc4c(c3)OCO4)C(=S)Nc3ccccc3)cc2c1. The molecule has 0 spiro atoms. The van der Waals surface area contributed by atoms with Gasteiger partial charge in [0.25, 0.3) is 5.56 Å². The average molecular weight is 474 g/mol. The maximum Gasteiger partial charge on any atom is 0.253 e. The molecule has 2 N–H and O–H groups in total.